The van der Waals surface area contributed by atoms with Gasteiger partial charge in [0.1, 0.15) is 0 Å². The van der Waals surface area contributed by atoms with Gasteiger partial charge in [0.05, 0.1) is 21.1 Å². The zero-order valence-electron chi connectivity index (χ0n) is 23.2. The molecule has 2 atom stereocenters. The van der Waals surface area contributed by atoms with Gasteiger partial charge in [-0.2, -0.15) is 0 Å². The zero-order valence-corrected chi connectivity index (χ0v) is 24.1. The van der Waals surface area contributed by atoms with Gasteiger partial charge >= 0.3 is 8.03 Å². The topological polar surface area (TPSA) is 40.1 Å². The Morgan fingerprint density at radius 1 is 0.636 bits per heavy atom. The number of unbranched alkanes of at least 4 members (excludes halogenated alkanes) is 17. The van der Waals surface area contributed by atoms with Gasteiger partial charge in [0.2, 0.25) is 0 Å². The van der Waals surface area contributed by atoms with Crippen LogP contribution in [0.25, 0.3) is 0 Å². The van der Waals surface area contributed by atoms with E-state index in [1.54, 1.807) is 0 Å². The molecule has 0 aliphatic rings. The lowest BCUT2D eigenvalue weighted by Crippen LogP contribution is -2.55. The Hall–Kier alpha value is -0.240. The third kappa shape index (κ3) is 16.1. The van der Waals surface area contributed by atoms with Crippen molar-refractivity contribution in [1.29, 1.82) is 0 Å². The van der Waals surface area contributed by atoms with E-state index in [1.807, 2.05) is 28.1 Å². The van der Waals surface area contributed by atoms with Crippen LogP contribution in [-0.2, 0) is 4.57 Å². The maximum absolute atomic E-state index is 12.0. The molecule has 0 N–H and O–H groups in total. The molecule has 196 valence electrons. The summed E-state index contributed by atoms with van der Waals surface area (Å²) in [5.41, 5.74) is 0. The van der Waals surface area contributed by atoms with E-state index in [-0.39, 0.29) is 0 Å². The van der Waals surface area contributed by atoms with Crippen LogP contribution in [0.1, 0.15) is 149 Å². The van der Waals surface area contributed by atoms with E-state index in [4.69, 9.17) is 0 Å². The van der Waals surface area contributed by atoms with Crippen molar-refractivity contribution in [2.45, 2.75) is 154 Å². The van der Waals surface area contributed by atoms with Gasteiger partial charge in [-0.1, -0.05) is 120 Å². The van der Waals surface area contributed by atoms with E-state index in [0.29, 0.717) is 10.9 Å². The Morgan fingerprint density at radius 2 is 1.00 bits per heavy atom. The number of allylic oxidation sites excluding steroid dienone is 2. The first-order valence-corrected chi connectivity index (χ1v) is 15.6. The van der Waals surface area contributed by atoms with Gasteiger partial charge in [-0.25, -0.2) is 0 Å². The molecule has 0 aromatic rings. The SMILES string of the molecule is CCCCCCCCCCCCCC=CCCCCCCCCC(CC)([P+](=O)[O-])[N+](C)(C)C. The third-order valence-electron chi connectivity index (χ3n) is 7.49. The molecule has 0 bridgehead atoms. The Kier molecular flexibility index (Phi) is 20.9. The van der Waals surface area contributed by atoms with Crippen LogP contribution in [0.3, 0.4) is 0 Å². The Morgan fingerprint density at radius 3 is 1.33 bits per heavy atom. The lowest BCUT2D eigenvalue weighted by Gasteiger charge is -2.39. The molecule has 3 nitrogen and oxygen atoms in total. The lowest BCUT2D eigenvalue weighted by atomic mass is 10.0. The fourth-order valence-electron chi connectivity index (χ4n) is 4.99. The molecular formula is C29H59NO2P+. The molecule has 0 heterocycles. The molecule has 2 unspecified atom stereocenters. The van der Waals surface area contributed by atoms with Crippen molar-refractivity contribution in [2.75, 3.05) is 21.1 Å². The maximum atomic E-state index is 12.0. The molecule has 0 aliphatic heterocycles. The first-order valence-electron chi connectivity index (χ1n) is 14.4. The summed E-state index contributed by atoms with van der Waals surface area (Å²) in [7, 11) is 3.62. The molecule has 0 aliphatic carbocycles. The van der Waals surface area contributed by atoms with Crippen LogP contribution in [0.5, 0.6) is 0 Å². The quantitative estimate of drug-likeness (QED) is 0.0592. The van der Waals surface area contributed by atoms with Gasteiger partial charge in [0.15, 0.2) is 0 Å². The summed E-state index contributed by atoms with van der Waals surface area (Å²) in [6.45, 7) is 4.30. The highest BCUT2D eigenvalue weighted by molar-refractivity contribution is 7.38. The first-order chi connectivity index (χ1) is 15.8. The van der Waals surface area contributed by atoms with Crippen molar-refractivity contribution >= 4 is 8.03 Å². The molecular weight excluding hydrogens is 425 g/mol. The highest BCUT2D eigenvalue weighted by Gasteiger charge is 2.52. The highest BCUT2D eigenvalue weighted by atomic mass is 31.1. The van der Waals surface area contributed by atoms with Crippen molar-refractivity contribution in [3.05, 3.63) is 12.2 Å². The largest absolute Gasteiger partial charge is 0.590 e. The van der Waals surface area contributed by atoms with Crippen molar-refractivity contribution in [1.82, 2.24) is 0 Å². The van der Waals surface area contributed by atoms with Gasteiger partial charge in [-0.05, 0) is 32.1 Å². The minimum atomic E-state index is -2.42. The Labute approximate surface area is 209 Å². The average Bonchev–Trinajstić information content (AvgIpc) is 2.76. The van der Waals surface area contributed by atoms with Crippen LogP contribution in [0.4, 0.5) is 0 Å². The third-order valence-corrected chi connectivity index (χ3v) is 9.31. The molecule has 0 aromatic heterocycles. The minimum absolute atomic E-state index is 0.508. The summed E-state index contributed by atoms with van der Waals surface area (Å²) in [5, 5.41) is -0.603. The lowest BCUT2D eigenvalue weighted by molar-refractivity contribution is -0.910. The van der Waals surface area contributed by atoms with Crippen molar-refractivity contribution < 1.29 is 13.9 Å². The summed E-state index contributed by atoms with van der Waals surface area (Å²) in [4.78, 5) is 12.0. The molecule has 0 rings (SSSR count). The van der Waals surface area contributed by atoms with Gasteiger partial charge < -0.3 is 4.89 Å². The zero-order chi connectivity index (χ0) is 24.8. The summed E-state index contributed by atoms with van der Waals surface area (Å²) in [5.74, 6) is 0. The average molecular weight is 485 g/mol. The van der Waals surface area contributed by atoms with Gasteiger partial charge in [-0.15, -0.1) is 0 Å². The Bertz CT molecular complexity index is 487. The summed E-state index contributed by atoms with van der Waals surface area (Å²) in [6.07, 6.45) is 31.6. The fraction of sp³-hybridized carbons (Fsp3) is 0.931. The minimum Gasteiger partial charge on any atom is -0.590 e. The normalized spacial score (nSPS) is 14.7. The van der Waals surface area contributed by atoms with E-state index in [1.165, 1.54) is 109 Å². The van der Waals surface area contributed by atoms with E-state index in [0.717, 1.165) is 19.3 Å². The second kappa shape index (κ2) is 21.1. The number of nitrogens with zero attached hydrogens (tertiary/aromatic N) is 1. The van der Waals surface area contributed by atoms with Crippen LogP contribution in [0.15, 0.2) is 12.2 Å². The molecule has 0 fully saturated rings. The maximum Gasteiger partial charge on any atom is 0.376 e. The molecule has 0 aromatic carbocycles. The summed E-state index contributed by atoms with van der Waals surface area (Å²) >= 11 is 0. The van der Waals surface area contributed by atoms with Crippen LogP contribution in [0.2, 0.25) is 0 Å². The van der Waals surface area contributed by atoms with Gasteiger partial charge in [0, 0.05) is 12.8 Å². The summed E-state index contributed by atoms with van der Waals surface area (Å²) < 4.78 is 12.5. The van der Waals surface area contributed by atoms with Crippen molar-refractivity contribution in [3.63, 3.8) is 0 Å². The number of hydrogen-bond acceptors (Lipinski definition) is 2. The predicted octanol–water partition coefficient (Wildman–Crippen LogP) is 9.28. The number of hydrogen-bond donors (Lipinski definition) is 0. The monoisotopic (exact) mass is 484 g/mol. The molecule has 0 radical (unpaired) electrons. The van der Waals surface area contributed by atoms with E-state index >= 15 is 0 Å². The van der Waals surface area contributed by atoms with Crippen LogP contribution >= 0.6 is 8.03 Å². The highest BCUT2D eigenvalue weighted by Crippen LogP contribution is 2.44. The molecule has 0 spiro atoms. The molecule has 0 saturated heterocycles. The van der Waals surface area contributed by atoms with E-state index in [2.05, 4.69) is 19.1 Å². The fourth-order valence-corrected chi connectivity index (χ4v) is 6.08. The smallest absolute Gasteiger partial charge is 0.376 e. The van der Waals surface area contributed by atoms with Crippen LogP contribution < -0.4 is 4.89 Å². The second-order valence-electron chi connectivity index (χ2n) is 11.1. The second-order valence-corrected chi connectivity index (χ2v) is 12.4. The molecule has 33 heavy (non-hydrogen) atoms. The van der Waals surface area contributed by atoms with Crippen molar-refractivity contribution in [3.8, 4) is 0 Å². The Balaban J connectivity index is 3.51. The number of quaternary nitrogens is 1. The van der Waals surface area contributed by atoms with Crippen LogP contribution in [0, 0.1) is 0 Å². The summed E-state index contributed by atoms with van der Waals surface area (Å²) in [6, 6.07) is 0. The van der Waals surface area contributed by atoms with Gasteiger partial charge in [0.25, 0.3) is 5.28 Å². The van der Waals surface area contributed by atoms with E-state index in [9.17, 15) is 9.46 Å². The molecule has 4 heteroatoms. The molecule has 0 saturated carbocycles. The number of rotatable bonds is 24. The standard InChI is InChI=1S/C29H59NO2P/c1-6-8-9-10-11-12-13-14-15-16-17-18-19-20-21-22-23-24-25-26-27-28-29(7-2,33(31)32)30(3,4)5/h19-20H,6-18,21-28H2,1-5H3/q+1. The van der Waals surface area contributed by atoms with Crippen LogP contribution in [-0.4, -0.2) is 30.9 Å². The predicted molar refractivity (Wildman–Crippen MR) is 146 cm³/mol. The van der Waals surface area contributed by atoms with Crippen molar-refractivity contribution in [2.24, 2.45) is 0 Å². The van der Waals surface area contributed by atoms with Gasteiger partial charge in [-0.3, -0.25) is 4.48 Å². The molecule has 0 amide bonds. The first kappa shape index (κ1) is 32.8. The van der Waals surface area contributed by atoms with E-state index < -0.39 is 13.3 Å².